The van der Waals surface area contributed by atoms with E-state index in [9.17, 15) is 19.7 Å². The Labute approximate surface area is 134 Å². The summed E-state index contributed by atoms with van der Waals surface area (Å²) in [7, 11) is 0. The molecule has 1 unspecified atom stereocenters. The molecule has 0 spiro atoms. The first-order valence-electron chi connectivity index (χ1n) is 6.43. The lowest BCUT2D eigenvalue weighted by Crippen LogP contribution is -2.25. The third kappa shape index (κ3) is 3.80. The van der Waals surface area contributed by atoms with Gasteiger partial charge in [0, 0.05) is 19.1 Å². The summed E-state index contributed by atoms with van der Waals surface area (Å²) in [5.41, 5.74) is 0.561. The average molecular weight is 339 g/mol. The van der Waals surface area contributed by atoms with Crippen LogP contribution < -0.4 is 5.32 Å². The van der Waals surface area contributed by atoms with Crippen molar-refractivity contribution in [2.45, 2.75) is 25.5 Å². The molecular formula is C13H13N3O4S2. The molecule has 0 aliphatic rings. The number of benzene rings is 1. The molecule has 0 fully saturated rings. The van der Waals surface area contributed by atoms with Crippen molar-refractivity contribution in [3.63, 3.8) is 0 Å². The number of nitrogens with zero attached hydrogens (tertiary/aromatic N) is 2. The second-order valence-electron chi connectivity index (χ2n) is 4.42. The van der Waals surface area contributed by atoms with Gasteiger partial charge in [0.05, 0.1) is 20.4 Å². The van der Waals surface area contributed by atoms with E-state index >= 15 is 0 Å². The lowest BCUT2D eigenvalue weighted by atomic mass is 10.3. The number of rotatable bonds is 5. The number of hydrogen-bond donors (Lipinski definition) is 1. The maximum atomic E-state index is 12.1. The molecule has 1 aromatic heterocycles. The topological polar surface area (TPSA) is 102 Å². The summed E-state index contributed by atoms with van der Waals surface area (Å²) in [6.45, 7) is 3.24. The molecule has 0 bridgehead atoms. The number of anilines is 1. The van der Waals surface area contributed by atoms with E-state index in [1.807, 2.05) is 6.92 Å². The zero-order valence-corrected chi connectivity index (χ0v) is 13.5. The predicted octanol–water partition coefficient (Wildman–Crippen LogP) is 3.20. The van der Waals surface area contributed by atoms with Crippen LogP contribution in [0.15, 0.2) is 18.2 Å². The maximum Gasteiger partial charge on any atom is 0.270 e. The van der Waals surface area contributed by atoms with E-state index in [1.54, 1.807) is 6.07 Å². The second-order valence-corrected chi connectivity index (χ2v) is 6.83. The summed E-state index contributed by atoms with van der Waals surface area (Å²) >= 11 is 2.14. The van der Waals surface area contributed by atoms with E-state index in [1.165, 1.54) is 19.1 Å². The Morgan fingerprint density at radius 2 is 2.23 bits per heavy atom. The first-order valence-corrected chi connectivity index (χ1v) is 8.13. The molecule has 9 heteroatoms. The number of non-ortho nitro benzene ring substituents is 1. The first-order chi connectivity index (χ1) is 10.4. The normalized spacial score (nSPS) is 12.1. The molecule has 1 atom stereocenters. The lowest BCUT2D eigenvalue weighted by Gasteiger charge is -2.10. The zero-order valence-electron chi connectivity index (χ0n) is 11.9. The van der Waals surface area contributed by atoms with Gasteiger partial charge >= 0.3 is 0 Å². The van der Waals surface area contributed by atoms with Crippen LogP contribution in [0.2, 0.25) is 0 Å². The Bertz CT molecular complexity index is 744. The van der Waals surface area contributed by atoms with Crippen LogP contribution in [0.5, 0.6) is 0 Å². The van der Waals surface area contributed by atoms with Crippen LogP contribution in [0, 0.1) is 10.1 Å². The molecule has 116 valence electrons. The van der Waals surface area contributed by atoms with Crippen LogP contribution in [0.4, 0.5) is 10.8 Å². The second kappa shape index (κ2) is 6.84. The number of amides is 1. The average Bonchev–Trinajstić information content (AvgIpc) is 2.85. The number of nitro groups is 1. The highest BCUT2D eigenvalue weighted by Crippen LogP contribution is 2.29. The van der Waals surface area contributed by atoms with Crippen LogP contribution >= 0.6 is 23.1 Å². The van der Waals surface area contributed by atoms with Crippen molar-refractivity contribution < 1.29 is 14.5 Å². The van der Waals surface area contributed by atoms with Crippen LogP contribution in [0.1, 0.15) is 20.3 Å². The molecule has 1 N–H and O–H groups in total. The van der Waals surface area contributed by atoms with Gasteiger partial charge in [-0.05, 0) is 12.5 Å². The van der Waals surface area contributed by atoms with E-state index in [0.717, 1.165) is 23.1 Å². The molecule has 0 saturated carbocycles. The summed E-state index contributed by atoms with van der Waals surface area (Å²) < 4.78 is 0.622. The molecule has 2 rings (SSSR count). The van der Waals surface area contributed by atoms with E-state index in [4.69, 9.17) is 0 Å². The fourth-order valence-corrected chi connectivity index (χ4v) is 3.42. The van der Waals surface area contributed by atoms with Crippen molar-refractivity contribution in [3.8, 4) is 0 Å². The Morgan fingerprint density at radius 1 is 1.50 bits per heavy atom. The highest BCUT2D eigenvalue weighted by molar-refractivity contribution is 8.14. The molecule has 0 aliphatic carbocycles. The van der Waals surface area contributed by atoms with E-state index < -0.39 is 10.2 Å². The first kappa shape index (κ1) is 16.4. The van der Waals surface area contributed by atoms with Gasteiger partial charge in [0.2, 0.25) is 5.91 Å². The zero-order chi connectivity index (χ0) is 16.3. The SMILES string of the molecule is CCC(SC(C)=O)C(=O)Nc1nc2ccc([N+](=O)[O-])cc2s1. The fourth-order valence-electron chi connectivity index (χ4n) is 1.79. The number of thioether (sulfide) groups is 1. The Balaban J connectivity index is 2.19. The van der Waals surface area contributed by atoms with Gasteiger partial charge in [-0.1, -0.05) is 30.0 Å². The minimum Gasteiger partial charge on any atom is -0.301 e. The molecule has 0 aliphatic heterocycles. The maximum absolute atomic E-state index is 12.1. The highest BCUT2D eigenvalue weighted by atomic mass is 32.2. The van der Waals surface area contributed by atoms with Crippen molar-refractivity contribution in [1.29, 1.82) is 0 Å². The largest absolute Gasteiger partial charge is 0.301 e. The summed E-state index contributed by atoms with van der Waals surface area (Å²) in [6, 6.07) is 4.33. The summed E-state index contributed by atoms with van der Waals surface area (Å²) in [5, 5.41) is 13.2. The molecule has 1 heterocycles. The van der Waals surface area contributed by atoms with Gasteiger partial charge in [-0.3, -0.25) is 19.7 Å². The molecule has 1 amide bonds. The van der Waals surface area contributed by atoms with Crippen molar-refractivity contribution in [1.82, 2.24) is 4.98 Å². The number of fused-ring (bicyclic) bond motifs is 1. The molecule has 7 nitrogen and oxygen atoms in total. The lowest BCUT2D eigenvalue weighted by molar-refractivity contribution is -0.384. The molecular weight excluding hydrogens is 326 g/mol. The summed E-state index contributed by atoms with van der Waals surface area (Å²) in [6.07, 6.45) is 0.520. The molecule has 1 aromatic carbocycles. The molecule has 22 heavy (non-hydrogen) atoms. The molecule has 0 saturated heterocycles. The third-order valence-corrected chi connectivity index (χ3v) is 4.88. The number of nitrogens with one attached hydrogen (secondary N) is 1. The highest BCUT2D eigenvalue weighted by Gasteiger charge is 2.20. The van der Waals surface area contributed by atoms with Gasteiger partial charge in [-0.15, -0.1) is 0 Å². The van der Waals surface area contributed by atoms with Gasteiger partial charge in [0.1, 0.15) is 0 Å². The number of thiazole rings is 1. The summed E-state index contributed by atoms with van der Waals surface area (Å²) in [5.74, 6) is -0.295. The minimum absolute atomic E-state index is 0.0207. The van der Waals surface area contributed by atoms with Gasteiger partial charge in [-0.2, -0.15) is 0 Å². The molecule has 0 radical (unpaired) electrons. The van der Waals surface area contributed by atoms with Crippen molar-refractivity contribution in [2.24, 2.45) is 0 Å². The van der Waals surface area contributed by atoms with Crippen molar-refractivity contribution in [3.05, 3.63) is 28.3 Å². The minimum atomic E-state index is -0.478. The fraction of sp³-hybridized carbons (Fsp3) is 0.308. The number of nitro benzene ring substituents is 1. The van der Waals surface area contributed by atoms with Crippen molar-refractivity contribution >= 4 is 55.2 Å². The predicted molar refractivity (Wildman–Crippen MR) is 87.3 cm³/mol. The number of hydrogen-bond acceptors (Lipinski definition) is 7. The van der Waals surface area contributed by atoms with Gasteiger partial charge < -0.3 is 5.32 Å². The quantitative estimate of drug-likeness (QED) is 0.663. The van der Waals surface area contributed by atoms with E-state index in [-0.39, 0.29) is 16.7 Å². The Kier molecular flexibility index (Phi) is 5.09. The van der Waals surface area contributed by atoms with Crippen LogP contribution in [0.3, 0.4) is 0 Å². The van der Waals surface area contributed by atoms with E-state index in [2.05, 4.69) is 10.3 Å². The Morgan fingerprint density at radius 3 is 2.82 bits per heavy atom. The van der Waals surface area contributed by atoms with Crippen LogP contribution in [-0.2, 0) is 9.59 Å². The van der Waals surface area contributed by atoms with Crippen LogP contribution in [0.25, 0.3) is 10.2 Å². The van der Waals surface area contributed by atoms with Gasteiger partial charge in [0.25, 0.3) is 5.69 Å². The number of carbonyl (C=O) groups excluding carboxylic acids is 2. The van der Waals surface area contributed by atoms with Gasteiger partial charge in [-0.25, -0.2) is 4.98 Å². The van der Waals surface area contributed by atoms with E-state index in [0.29, 0.717) is 21.8 Å². The standard InChI is InChI=1S/C13H13N3O4S2/c1-3-10(21-7(2)17)12(18)15-13-14-9-5-4-8(16(19)20)6-11(9)22-13/h4-6,10H,3H2,1-2H3,(H,14,15,18). The van der Waals surface area contributed by atoms with Gasteiger partial charge in [0.15, 0.2) is 10.2 Å². The Hall–Kier alpha value is -2.00. The van der Waals surface area contributed by atoms with Crippen molar-refractivity contribution in [2.75, 3.05) is 5.32 Å². The summed E-state index contributed by atoms with van der Waals surface area (Å²) in [4.78, 5) is 37.7. The third-order valence-electron chi connectivity index (χ3n) is 2.78. The number of carbonyl (C=O) groups is 2. The smallest absolute Gasteiger partial charge is 0.270 e. The number of aromatic nitrogens is 1. The molecule has 2 aromatic rings. The van der Waals surface area contributed by atoms with Crippen LogP contribution in [-0.4, -0.2) is 26.2 Å². The monoisotopic (exact) mass is 339 g/mol.